The number of nitrogen functional groups attached to an aromatic ring is 1. The number of nitrogens with one attached hydrogen (secondary N) is 1. The number of aromatic nitrogens is 2. The molecule has 0 amide bonds. The Morgan fingerprint density at radius 1 is 1.10 bits per heavy atom. The summed E-state index contributed by atoms with van der Waals surface area (Å²) in [6.45, 7) is 2.34. The van der Waals surface area contributed by atoms with E-state index in [0.29, 0.717) is 17.3 Å². The van der Waals surface area contributed by atoms with E-state index in [1.165, 1.54) is 38.5 Å². The van der Waals surface area contributed by atoms with Crippen LogP contribution in [0, 0.1) is 23.2 Å². The molecular formula is C16H24N4. The van der Waals surface area contributed by atoms with Gasteiger partial charge >= 0.3 is 0 Å². The predicted molar refractivity (Wildman–Crippen MR) is 80.1 cm³/mol. The first-order valence-corrected chi connectivity index (χ1v) is 7.99. The fraction of sp³-hybridized carbons (Fsp3) is 0.750. The van der Waals surface area contributed by atoms with Crippen LogP contribution in [-0.2, 0) is 0 Å². The van der Waals surface area contributed by atoms with Gasteiger partial charge < -0.3 is 11.1 Å². The summed E-state index contributed by atoms with van der Waals surface area (Å²) in [7, 11) is 0. The minimum atomic E-state index is 0.480. The molecule has 1 aromatic rings. The lowest BCUT2D eigenvalue weighted by atomic mass is 9.48. The molecule has 4 aliphatic carbocycles. The SMILES string of the molecule is CC(Nc1ccc(N)nn1)C12CC3CC(CC(C3)C1)C2. The molecule has 4 fully saturated rings. The van der Waals surface area contributed by atoms with Crippen LogP contribution in [0.3, 0.4) is 0 Å². The standard InChI is InChI=1S/C16H24N4/c1-10(18-15-3-2-14(17)19-20-15)16-7-11-4-12(8-16)6-13(5-11)9-16/h2-3,10-13H,4-9H2,1H3,(H2,17,19)(H,18,20). The van der Waals surface area contributed by atoms with E-state index >= 15 is 0 Å². The minimum Gasteiger partial charge on any atom is -0.382 e. The van der Waals surface area contributed by atoms with E-state index < -0.39 is 0 Å². The molecule has 0 radical (unpaired) electrons. The molecule has 1 atom stereocenters. The Morgan fingerprint density at radius 2 is 1.70 bits per heavy atom. The normalized spacial score (nSPS) is 39.8. The Balaban J connectivity index is 1.53. The summed E-state index contributed by atoms with van der Waals surface area (Å²) in [4.78, 5) is 0. The second kappa shape index (κ2) is 4.34. The summed E-state index contributed by atoms with van der Waals surface area (Å²) in [6, 6.07) is 4.25. The molecule has 1 aromatic heterocycles. The molecular weight excluding hydrogens is 248 g/mol. The van der Waals surface area contributed by atoms with Gasteiger partial charge in [0.25, 0.3) is 0 Å². The molecule has 0 aliphatic heterocycles. The summed E-state index contributed by atoms with van der Waals surface area (Å²) in [5, 5.41) is 11.7. The Labute approximate surface area is 120 Å². The van der Waals surface area contributed by atoms with Crippen LogP contribution in [0.2, 0.25) is 0 Å². The van der Waals surface area contributed by atoms with Gasteiger partial charge in [-0.05, 0) is 80.8 Å². The lowest BCUT2D eigenvalue weighted by Gasteiger charge is -2.59. The predicted octanol–water partition coefficient (Wildman–Crippen LogP) is 3.08. The van der Waals surface area contributed by atoms with Crippen LogP contribution in [0.5, 0.6) is 0 Å². The first kappa shape index (κ1) is 12.4. The Morgan fingerprint density at radius 3 is 2.20 bits per heavy atom. The van der Waals surface area contributed by atoms with Crippen LogP contribution in [0.15, 0.2) is 12.1 Å². The molecule has 3 N–H and O–H groups in total. The molecule has 5 rings (SSSR count). The lowest BCUT2D eigenvalue weighted by molar-refractivity contribution is -0.0603. The van der Waals surface area contributed by atoms with Crippen LogP contribution < -0.4 is 11.1 Å². The van der Waals surface area contributed by atoms with Gasteiger partial charge in [-0.1, -0.05) is 0 Å². The van der Waals surface area contributed by atoms with E-state index in [4.69, 9.17) is 5.73 Å². The monoisotopic (exact) mass is 272 g/mol. The van der Waals surface area contributed by atoms with E-state index in [2.05, 4.69) is 22.4 Å². The third kappa shape index (κ3) is 1.97. The topological polar surface area (TPSA) is 63.8 Å². The number of hydrogen-bond donors (Lipinski definition) is 2. The van der Waals surface area contributed by atoms with Gasteiger partial charge in [0.1, 0.15) is 11.6 Å². The maximum atomic E-state index is 5.60. The van der Waals surface area contributed by atoms with E-state index in [1.807, 2.05) is 12.1 Å². The zero-order valence-corrected chi connectivity index (χ0v) is 12.2. The molecule has 20 heavy (non-hydrogen) atoms. The van der Waals surface area contributed by atoms with Gasteiger partial charge in [-0.15, -0.1) is 10.2 Å². The van der Waals surface area contributed by atoms with Crippen molar-refractivity contribution in [2.45, 2.75) is 51.5 Å². The molecule has 0 spiro atoms. The molecule has 4 bridgehead atoms. The summed E-state index contributed by atoms with van der Waals surface area (Å²) in [5.41, 5.74) is 6.10. The largest absolute Gasteiger partial charge is 0.382 e. The number of hydrogen-bond acceptors (Lipinski definition) is 4. The molecule has 0 aromatic carbocycles. The molecule has 4 aliphatic rings. The van der Waals surface area contributed by atoms with Crippen molar-refractivity contribution in [2.24, 2.45) is 23.2 Å². The number of anilines is 2. The van der Waals surface area contributed by atoms with Crippen molar-refractivity contribution in [3.8, 4) is 0 Å². The van der Waals surface area contributed by atoms with Gasteiger partial charge in [0, 0.05) is 6.04 Å². The quantitative estimate of drug-likeness (QED) is 0.887. The highest BCUT2D eigenvalue weighted by Crippen LogP contribution is 2.61. The van der Waals surface area contributed by atoms with Crippen molar-refractivity contribution in [2.75, 3.05) is 11.1 Å². The van der Waals surface area contributed by atoms with Gasteiger partial charge in [-0.2, -0.15) is 0 Å². The summed E-state index contributed by atoms with van der Waals surface area (Å²) in [5.74, 6) is 4.31. The van der Waals surface area contributed by atoms with E-state index in [0.717, 1.165) is 23.6 Å². The van der Waals surface area contributed by atoms with Gasteiger partial charge in [0.05, 0.1) is 0 Å². The van der Waals surface area contributed by atoms with Crippen LogP contribution in [0.1, 0.15) is 45.4 Å². The first-order valence-electron chi connectivity index (χ1n) is 7.99. The molecule has 0 saturated heterocycles. The highest BCUT2D eigenvalue weighted by molar-refractivity contribution is 5.39. The number of rotatable bonds is 3. The number of nitrogens with two attached hydrogens (primary N) is 1. The highest BCUT2D eigenvalue weighted by Gasteiger charge is 2.53. The van der Waals surface area contributed by atoms with Crippen molar-refractivity contribution in [3.05, 3.63) is 12.1 Å². The van der Waals surface area contributed by atoms with Crippen LogP contribution in [0.25, 0.3) is 0 Å². The van der Waals surface area contributed by atoms with Gasteiger partial charge in [0.15, 0.2) is 0 Å². The highest BCUT2D eigenvalue weighted by atomic mass is 15.2. The van der Waals surface area contributed by atoms with E-state index in [9.17, 15) is 0 Å². The van der Waals surface area contributed by atoms with E-state index in [1.54, 1.807) is 0 Å². The van der Waals surface area contributed by atoms with Gasteiger partial charge in [-0.3, -0.25) is 0 Å². The Bertz CT molecular complexity index is 460. The summed E-state index contributed by atoms with van der Waals surface area (Å²) in [6.07, 6.45) is 8.72. The summed E-state index contributed by atoms with van der Waals surface area (Å²) >= 11 is 0. The second-order valence-electron chi connectivity index (χ2n) is 7.49. The molecule has 108 valence electrons. The van der Waals surface area contributed by atoms with E-state index in [-0.39, 0.29) is 0 Å². The molecule has 1 unspecified atom stereocenters. The minimum absolute atomic E-state index is 0.480. The van der Waals surface area contributed by atoms with Crippen molar-refractivity contribution in [1.29, 1.82) is 0 Å². The molecule has 4 nitrogen and oxygen atoms in total. The lowest BCUT2D eigenvalue weighted by Crippen LogP contribution is -2.53. The molecule has 1 heterocycles. The maximum Gasteiger partial charge on any atom is 0.149 e. The second-order valence-corrected chi connectivity index (χ2v) is 7.49. The zero-order valence-electron chi connectivity index (χ0n) is 12.2. The Hall–Kier alpha value is -1.32. The smallest absolute Gasteiger partial charge is 0.149 e. The van der Waals surface area contributed by atoms with Crippen molar-refractivity contribution in [3.63, 3.8) is 0 Å². The van der Waals surface area contributed by atoms with Crippen LogP contribution in [0.4, 0.5) is 11.6 Å². The third-order valence-electron chi connectivity index (χ3n) is 6.05. The maximum absolute atomic E-state index is 5.60. The molecule has 4 heteroatoms. The molecule has 4 saturated carbocycles. The Kier molecular flexibility index (Phi) is 2.69. The fourth-order valence-electron chi connectivity index (χ4n) is 5.50. The van der Waals surface area contributed by atoms with Crippen LogP contribution in [-0.4, -0.2) is 16.2 Å². The summed E-state index contributed by atoms with van der Waals surface area (Å²) < 4.78 is 0. The first-order chi connectivity index (χ1) is 9.63. The van der Waals surface area contributed by atoms with Crippen LogP contribution >= 0.6 is 0 Å². The average molecular weight is 272 g/mol. The average Bonchev–Trinajstić information content (AvgIpc) is 2.40. The fourth-order valence-corrected chi connectivity index (χ4v) is 5.50. The van der Waals surface area contributed by atoms with Crippen molar-refractivity contribution in [1.82, 2.24) is 10.2 Å². The van der Waals surface area contributed by atoms with Gasteiger partial charge in [-0.25, -0.2) is 0 Å². The number of nitrogens with zero attached hydrogens (tertiary/aromatic N) is 2. The van der Waals surface area contributed by atoms with Crippen molar-refractivity contribution >= 4 is 11.6 Å². The van der Waals surface area contributed by atoms with Crippen molar-refractivity contribution < 1.29 is 0 Å². The third-order valence-corrected chi connectivity index (χ3v) is 6.05. The zero-order chi connectivity index (χ0) is 13.7. The van der Waals surface area contributed by atoms with Gasteiger partial charge in [0.2, 0.25) is 0 Å².